The van der Waals surface area contributed by atoms with Crippen LogP contribution in [0, 0.1) is 6.92 Å². The van der Waals surface area contributed by atoms with Crippen LogP contribution in [0.3, 0.4) is 0 Å². The average molecular weight is 233 g/mol. The molecule has 17 heavy (non-hydrogen) atoms. The highest BCUT2D eigenvalue weighted by atomic mass is 16.1. The molecule has 2 heteroatoms. The number of aldehydes is 1. The van der Waals surface area contributed by atoms with E-state index in [2.05, 4.69) is 25.8 Å². The van der Waals surface area contributed by atoms with Gasteiger partial charge in [0.15, 0.2) is 6.29 Å². The number of hydrogen-bond donors (Lipinski definition) is 0. The molecule has 0 aliphatic carbocycles. The Morgan fingerprint density at radius 3 is 2.71 bits per heavy atom. The van der Waals surface area contributed by atoms with Crippen molar-refractivity contribution in [2.75, 3.05) is 7.05 Å². The maximum absolute atomic E-state index is 11.1. The van der Waals surface area contributed by atoms with E-state index in [1.54, 1.807) is 0 Å². The summed E-state index contributed by atoms with van der Waals surface area (Å²) in [6.07, 6.45) is 3.36. The smallest absolute Gasteiger partial charge is 0.150 e. The normalized spacial score (nSPS) is 12.8. The summed E-state index contributed by atoms with van der Waals surface area (Å²) in [5.41, 5.74) is 3.04. The molecule has 1 aromatic carbocycles. The van der Waals surface area contributed by atoms with E-state index in [0.717, 1.165) is 29.5 Å². The number of aryl methyl sites for hydroxylation is 1. The molecule has 1 aromatic rings. The molecular formula is C15H23NO. The van der Waals surface area contributed by atoms with Gasteiger partial charge in [0.25, 0.3) is 0 Å². The fourth-order valence-electron chi connectivity index (χ4n) is 2.11. The van der Waals surface area contributed by atoms with E-state index in [1.165, 1.54) is 12.8 Å². The molecule has 0 bridgehead atoms. The summed E-state index contributed by atoms with van der Waals surface area (Å²) >= 11 is 0. The molecule has 0 aromatic heterocycles. The molecule has 0 radical (unpaired) electrons. The SMILES string of the molecule is CCCC(C)N(C)Cc1cccc(C)c1C=O. The van der Waals surface area contributed by atoms with Crippen molar-refractivity contribution in [1.29, 1.82) is 0 Å². The summed E-state index contributed by atoms with van der Waals surface area (Å²) in [4.78, 5) is 13.4. The molecule has 0 spiro atoms. The molecule has 0 fully saturated rings. The third-order valence-corrected chi connectivity index (χ3v) is 3.41. The summed E-state index contributed by atoms with van der Waals surface area (Å²) in [5, 5.41) is 0. The first-order valence-corrected chi connectivity index (χ1v) is 6.34. The zero-order chi connectivity index (χ0) is 12.8. The zero-order valence-corrected chi connectivity index (χ0v) is 11.4. The second-order valence-corrected chi connectivity index (χ2v) is 4.82. The molecule has 0 N–H and O–H groups in total. The van der Waals surface area contributed by atoms with Crippen LogP contribution in [0.25, 0.3) is 0 Å². The van der Waals surface area contributed by atoms with Gasteiger partial charge in [0, 0.05) is 18.2 Å². The van der Waals surface area contributed by atoms with Gasteiger partial charge in [-0.2, -0.15) is 0 Å². The van der Waals surface area contributed by atoms with Crippen LogP contribution in [0.1, 0.15) is 48.2 Å². The Hall–Kier alpha value is -1.15. The largest absolute Gasteiger partial charge is 0.299 e. The zero-order valence-electron chi connectivity index (χ0n) is 11.4. The predicted molar refractivity (Wildman–Crippen MR) is 72.4 cm³/mol. The Morgan fingerprint density at radius 2 is 2.12 bits per heavy atom. The summed E-state index contributed by atoms with van der Waals surface area (Å²) in [5.74, 6) is 0. The molecule has 0 aliphatic heterocycles. The van der Waals surface area contributed by atoms with Crippen LogP contribution >= 0.6 is 0 Å². The summed E-state index contributed by atoms with van der Waals surface area (Å²) in [7, 11) is 2.12. The lowest BCUT2D eigenvalue weighted by atomic mass is 10.0. The lowest BCUT2D eigenvalue weighted by Crippen LogP contribution is -2.28. The molecule has 0 saturated carbocycles. The maximum atomic E-state index is 11.1. The quantitative estimate of drug-likeness (QED) is 0.702. The summed E-state index contributed by atoms with van der Waals surface area (Å²) < 4.78 is 0. The molecule has 0 heterocycles. The van der Waals surface area contributed by atoms with Crippen LogP contribution in [0.5, 0.6) is 0 Å². The van der Waals surface area contributed by atoms with Gasteiger partial charge in [0.1, 0.15) is 0 Å². The molecule has 1 atom stereocenters. The molecular weight excluding hydrogens is 210 g/mol. The van der Waals surface area contributed by atoms with Crippen molar-refractivity contribution < 1.29 is 4.79 Å². The topological polar surface area (TPSA) is 20.3 Å². The van der Waals surface area contributed by atoms with E-state index in [1.807, 2.05) is 25.1 Å². The first-order valence-electron chi connectivity index (χ1n) is 6.34. The van der Waals surface area contributed by atoms with Gasteiger partial charge in [-0.1, -0.05) is 31.5 Å². The van der Waals surface area contributed by atoms with Crippen molar-refractivity contribution in [1.82, 2.24) is 4.90 Å². The molecule has 0 saturated heterocycles. The maximum Gasteiger partial charge on any atom is 0.150 e. The monoisotopic (exact) mass is 233 g/mol. The highest BCUT2D eigenvalue weighted by Gasteiger charge is 2.11. The number of carbonyl (C=O) groups excluding carboxylic acids is 1. The second-order valence-electron chi connectivity index (χ2n) is 4.82. The number of rotatable bonds is 6. The van der Waals surface area contributed by atoms with E-state index in [-0.39, 0.29) is 0 Å². The standard InChI is InChI=1S/C15H23NO/c1-5-7-13(3)16(4)10-14-9-6-8-12(2)15(14)11-17/h6,8-9,11,13H,5,7,10H2,1-4H3. The van der Waals surface area contributed by atoms with Crippen LogP contribution in [-0.4, -0.2) is 24.3 Å². The average Bonchev–Trinajstić information content (AvgIpc) is 2.29. The molecule has 0 aliphatic rings. The first kappa shape index (κ1) is 13.9. The highest BCUT2D eigenvalue weighted by molar-refractivity contribution is 5.79. The fourth-order valence-corrected chi connectivity index (χ4v) is 2.11. The van der Waals surface area contributed by atoms with Crippen LogP contribution in [0.4, 0.5) is 0 Å². The van der Waals surface area contributed by atoms with Gasteiger partial charge in [-0.15, -0.1) is 0 Å². The van der Waals surface area contributed by atoms with E-state index in [0.29, 0.717) is 6.04 Å². The minimum Gasteiger partial charge on any atom is -0.299 e. The highest BCUT2D eigenvalue weighted by Crippen LogP contribution is 2.16. The first-order chi connectivity index (χ1) is 8.10. The van der Waals surface area contributed by atoms with Crippen molar-refractivity contribution in [3.63, 3.8) is 0 Å². The van der Waals surface area contributed by atoms with Gasteiger partial charge in [-0.3, -0.25) is 9.69 Å². The summed E-state index contributed by atoms with van der Waals surface area (Å²) in [6, 6.07) is 6.62. The Kier molecular flexibility index (Phi) is 5.36. The Bertz CT molecular complexity index is 373. The lowest BCUT2D eigenvalue weighted by Gasteiger charge is -2.25. The van der Waals surface area contributed by atoms with Gasteiger partial charge < -0.3 is 0 Å². The van der Waals surface area contributed by atoms with Crippen molar-refractivity contribution in [3.8, 4) is 0 Å². The Labute approximate surface area is 105 Å². The minimum absolute atomic E-state index is 0.556. The van der Waals surface area contributed by atoms with Crippen LogP contribution in [0.15, 0.2) is 18.2 Å². The third-order valence-electron chi connectivity index (χ3n) is 3.41. The Morgan fingerprint density at radius 1 is 1.41 bits per heavy atom. The van der Waals surface area contributed by atoms with Gasteiger partial charge in [0.2, 0.25) is 0 Å². The van der Waals surface area contributed by atoms with Gasteiger partial charge in [0.05, 0.1) is 0 Å². The lowest BCUT2D eigenvalue weighted by molar-refractivity contribution is 0.112. The van der Waals surface area contributed by atoms with Crippen molar-refractivity contribution in [3.05, 3.63) is 34.9 Å². The van der Waals surface area contributed by atoms with Gasteiger partial charge in [-0.25, -0.2) is 0 Å². The van der Waals surface area contributed by atoms with E-state index in [9.17, 15) is 4.79 Å². The third kappa shape index (κ3) is 3.67. The molecule has 94 valence electrons. The van der Waals surface area contributed by atoms with Crippen molar-refractivity contribution in [2.24, 2.45) is 0 Å². The number of nitrogens with zero attached hydrogens (tertiary/aromatic N) is 1. The van der Waals surface area contributed by atoms with Crippen molar-refractivity contribution >= 4 is 6.29 Å². The van der Waals surface area contributed by atoms with E-state index >= 15 is 0 Å². The number of benzene rings is 1. The van der Waals surface area contributed by atoms with Crippen LogP contribution in [-0.2, 0) is 6.54 Å². The second kappa shape index (κ2) is 6.55. The van der Waals surface area contributed by atoms with Gasteiger partial charge in [-0.05, 0) is 38.4 Å². The molecule has 2 nitrogen and oxygen atoms in total. The molecule has 0 amide bonds. The van der Waals surface area contributed by atoms with E-state index < -0.39 is 0 Å². The minimum atomic E-state index is 0.556. The van der Waals surface area contributed by atoms with Gasteiger partial charge >= 0.3 is 0 Å². The molecule has 1 rings (SSSR count). The van der Waals surface area contributed by atoms with Crippen LogP contribution in [0.2, 0.25) is 0 Å². The summed E-state index contributed by atoms with van der Waals surface area (Å²) in [6.45, 7) is 7.27. The fraction of sp³-hybridized carbons (Fsp3) is 0.533. The van der Waals surface area contributed by atoms with Crippen molar-refractivity contribution in [2.45, 2.75) is 46.2 Å². The molecule has 1 unspecified atom stereocenters. The predicted octanol–water partition coefficient (Wildman–Crippen LogP) is 3.43. The van der Waals surface area contributed by atoms with E-state index in [4.69, 9.17) is 0 Å². The van der Waals surface area contributed by atoms with Crippen LogP contribution < -0.4 is 0 Å². The Balaban J connectivity index is 2.81. The number of carbonyl (C=O) groups is 1. The number of hydrogen-bond acceptors (Lipinski definition) is 2.